The second kappa shape index (κ2) is 5.31. The third-order valence-corrected chi connectivity index (χ3v) is 4.54. The zero-order valence-corrected chi connectivity index (χ0v) is 12.6. The van der Waals surface area contributed by atoms with E-state index in [9.17, 15) is 13.2 Å². The van der Waals surface area contributed by atoms with Gasteiger partial charge in [0.05, 0.1) is 0 Å². The Morgan fingerprint density at radius 2 is 1.73 bits per heavy atom. The van der Waals surface area contributed by atoms with Gasteiger partial charge >= 0.3 is 10.1 Å². The number of fused-ring (bicyclic) bond motifs is 1. The number of carbonyl (C=O) groups excluding carboxylic acids is 1. The predicted molar refractivity (Wildman–Crippen MR) is 82.7 cm³/mol. The van der Waals surface area contributed by atoms with E-state index in [2.05, 4.69) is 4.98 Å². The lowest BCUT2D eigenvalue weighted by Crippen LogP contribution is -2.10. The molecule has 0 unspecified atom stereocenters. The van der Waals surface area contributed by atoms with E-state index in [0.29, 0.717) is 17.2 Å². The number of aromatic nitrogens is 1. The molecule has 0 amide bonds. The van der Waals surface area contributed by atoms with Gasteiger partial charge in [0.25, 0.3) is 0 Å². The van der Waals surface area contributed by atoms with Crippen molar-refractivity contribution in [2.24, 2.45) is 0 Å². The zero-order valence-electron chi connectivity index (χ0n) is 11.7. The van der Waals surface area contributed by atoms with E-state index in [1.165, 1.54) is 12.1 Å². The summed E-state index contributed by atoms with van der Waals surface area (Å²) in [6.45, 7) is 1.86. The third kappa shape index (κ3) is 2.48. The number of aromatic amines is 1. The van der Waals surface area contributed by atoms with Crippen LogP contribution in [0, 0.1) is 6.92 Å². The fourth-order valence-electron chi connectivity index (χ4n) is 2.17. The Labute approximate surface area is 127 Å². The highest BCUT2D eigenvalue weighted by molar-refractivity contribution is 7.87. The van der Waals surface area contributed by atoms with Gasteiger partial charge in [-0.3, -0.25) is 4.79 Å². The molecule has 22 heavy (non-hydrogen) atoms. The number of benzene rings is 2. The topological polar surface area (TPSA) is 76.2 Å². The fraction of sp³-hybridized carbons (Fsp3) is 0.0625. The van der Waals surface area contributed by atoms with Crippen LogP contribution >= 0.6 is 0 Å². The molecule has 0 aliphatic carbocycles. The molecular formula is C16H13NO4S. The van der Waals surface area contributed by atoms with Gasteiger partial charge in [-0.2, -0.15) is 8.42 Å². The van der Waals surface area contributed by atoms with Crippen LogP contribution in [0.2, 0.25) is 0 Å². The van der Waals surface area contributed by atoms with Crippen molar-refractivity contribution in [3.63, 3.8) is 0 Å². The van der Waals surface area contributed by atoms with Crippen molar-refractivity contribution < 1.29 is 17.4 Å². The van der Waals surface area contributed by atoms with Gasteiger partial charge < -0.3 is 9.17 Å². The molecule has 0 fully saturated rings. The molecular weight excluding hydrogens is 302 g/mol. The van der Waals surface area contributed by atoms with Crippen LogP contribution in [0.3, 0.4) is 0 Å². The number of aryl methyl sites for hydroxylation is 1. The highest BCUT2D eigenvalue weighted by Crippen LogP contribution is 2.31. The minimum Gasteiger partial charge on any atom is -0.376 e. The summed E-state index contributed by atoms with van der Waals surface area (Å²) < 4.78 is 30.0. The maximum atomic E-state index is 12.4. The van der Waals surface area contributed by atoms with Gasteiger partial charge in [0, 0.05) is 10.9 Å². The molecule has 0 saturated heterocycles. The van der Waals surface area contributed by atoms with Crippen LogP contribution in [-0.4, -0.2) is 19.7 Å². The lowest BCUT2D eigenvalue weighted by molar-refractivity contribution is 0.111. The Kier molecular flexibility index (Phi) is 3.46. The highest BCUT2D eigenvalue weighted by Gasteiger charge is 2.21. The molecule has 0 spiro atoms. The molecule has 6 heteroatoms. The first kappa shape index (κ1) is 14.3. The molecule has 1 aromatic heterocycles. The summed E-state index contributed by atoms with van der Waals surface area (Å²) in [5.41, 5.74) is 1.68. The van der Waals surface area contributed by atoms with E-state index in [0.717, 1.165) is 5.56 Å². The minimum atomic E-state index is -4.00. The predicted octanol–water partition coefficient (Wildman–Crippen LogP) is 3.06. The lowest BCUT2D eigenvalue weighted by Gasteiger charge is -2.07. The van der Waals surface area contributed by atoms with Crippen molar-refractivity contribution in [2.75, 3.05) is 0 Å². The highest BCUT2D eigenvalue weighted by atomic mass is 32.2. The summed E-state index contributed by atoms with van der Waals surface area (Å²) in [5.74, 6) is 0.0196. The first-order valence-electron chi connectivity index (χ1n) is 6.58. The van der Waals surface area contributed by atoms with Gasteiger partial charge in [0.15, 0.2) is 12.0 Å². The molecule has 1 N–H and O–H groups in total. The molecule has 0 saturated carbocycles. The Balaban J connectivity index is 2.09. The second-order valence-corrected chi connectivity index (χ2v) is 6.43. The zero-order chi connectivity index (χ0) is 15.7. The monoisotopic (exact) mass is 315 g/mol. The van der Waals surface area contributed by atoms with Crippen molar-refractivity contribution in [3.05, 3.63) is 59.8 Å². The van der Waals surface area contributed by atoms with Crippen LogP contribution in [0.4, 0.5) is 0 Å². The van der Waals surface area contributed by atoms with E-state index >= 15 is 0 Å². The molecule has 0 aliphatic rings. The molecule has 2 aromatic carbocycles. The number of hydrogen-bond donors (Lipinski definition) is 1. The number of hydrogen-bond acceptors (Lipinski definition) is 4. The Morgan fingerprint density at radius 1 is 1.05 bits per heavy atom. The molecule has 1 heterocycles. The van der Waals surface area contributed by atoms with Gasteiger partial charge in [0.2, 0.25) is 0 Å². The summed E-state index contributed by atoms with van der Waals surface area (Å²) in [6.07, 6.45) is 0.542. The van der Waals surface area contributed by atoms with Gasteiger partial charge in [-0.25, -0.2) is 0 Å². The van der Waals surface area contributed by atoms with Gasteiger partial charge in [-0.1, -0.05) is 29.8 Å². The maximum absolute atomic E-state index is 12.4. The third-order valence-electron chi connectivity index (χ3n) is 3.31. The van der Waals surface area contributed by atoms with Gasteiger partial charge in [-0.05, 0) is 31.2 Å². The Morgan fingerprint density at radius 3 is 2.41 bits per heavy atom. The van der Waals surface area contributed by atoms with E-state index in [1.807, 2.05) is 6.92 Å². The van der Waals surface area contributed by atoms with Gasteiger partial charge in [-0.15, -0.1) is 0 Å². The normalized spacial score (nSPS) is 11.5. The molecule has 0 atom stereocenters. The average molecular weight is 315 g/mol. The van der Waals surface area contributed by atoms with Crippen LogP contribution in [0.1, 0.15) is 16.1 Å². The van der Waals surface area contributed by atoms with E-state index < -0.39 is 10.1 Å². The molecule has 3 aromatic rings. The van der Waals surface area contributed by atoms with Crippen molar-refractivity contribution >= 4 is 27.3 Å². The van der Waals surface area contributed by atoms with E-state index in [-0.39, 0.29) is 16.3 Å². The molecule has 0 bridgehead atoms. The van der Waals surface area contributed by atoms with Crippen LogP contribution in [-0.2, 0) is 10.1 Å². The van der Waals surface area contributed by atoms with Crippen LogP contribution < -0.4 is 4.18 Å². The summed E-state index contributed by atoms with van der Waals surface area (Å²) in [7, 11) is -4.00. The SMILES string of the molecule is Cc1ccc(S(=O)(=O)Oc2c(C=O)[nH]c3ccccc23)cc1. The quantitative estimate of drug-likeness (QED) is 0.593. The number of H-pyrrole nitrogens is 1. The van der Waals surface area contributed by atoms with Gasteiger partial charge in [0.1, 0.15) is 10.6 Å². The minimum absolute atomic E-state index is 0.0196. The van der Waals surface area contributed by atoms with Crippen molar-refractivity contribution in [1.29, 1.82) is 0 Å². The number of nitrogens with one attached hydrogen (secondary N) is 1. The summed E-state index contributed by atoms with van der Waals surface area (Å²) >= 11 is 0. The average Bonchev–Trinajstić information content (AvgIpc) is 2.85. The summed E-state index contributed by atoms with van der Waals surface area (Å²) in [5, 5.41) is 0.542. The smallest absolute Gasteiger partial charge is 0.339 e. The molecule has 5 nitrogen and oxygen atoms in total. The van der Waals surface area contributed by atoms with Crippen molar-refractivity contribution in [3.8, 4) is 5.75 Å². The van der Waals surface area contributed by atoms with Crippen LogP contribution in [0.15, 0.2) is 53.4 Å². The molecule has 0 radical (unpaired) electrons. The Bertz CT molecular complexity index is 940. The number of para-hydroxylation sites is 1. The number of rotatable bonds is 4. The van der Waals surface area contributed by atoms with Crippen molar-refractivity contribution in [1.82, 2.24) is 4.98 Å². The van der Waals surface area contributed by atoms with Crippen LogP contribution in [0.5, 0.6) is 5.75 Å². The summed E-state index contributed by atoms with van der Waals surface area (Å²) in [4.78, 5) is 14.0. The number of carbonyl (C=O) groups is 1. The number of aldehydes is 1. The second-order valence-electron chi connectivity index (χ2n) is 4.88. The lowest BCUT2D eigenvalue weighted by atomic mass is 10.2. The fourth-order valence-corrected chi connectivity index (χ4v) is 3.14. The molecule has 3 rings (SSSR count). The Hall–Kier alpha value is -2.60. The van der Waals surface area contributed by atoms with E-state index in [1.54, 1.807) is 36.4 Å². The first-order valence-corrected chi connectivity index (χ1v) is 7.99. The largest absolute Gasteiger partial charge is 0.376 e. The van der Waals surface area contributed by atoms with Crippen LogP contribution in [0.25, 0.3) is 10.9 Å². The van der Waals surface area contributed by atoms with E-state index in [4.69, 9.17) is 4.18 Å². The first-order chi connectivity index (χ1) is 10.5. The molecule has 112 valence electrons. The molecule has 0 aliphatic heterocycles. The maximum Gasteiger partial charge on any atom is 0.339 e. The summed E-state index contributed by atoms with van der Waals surface area (Å²) in [6, 6.07) is 13.3. The van der Waals surface area contributed by atoms with Crippen molar-refractivity contribution in [2.45, 2.75) is 11.8 Å². The standard InChI is InChI=1S/C16H13NO4S/c1-11-6-8-12(9-7-11)22(19,20)21-16-13-4-2-3-5-14(13)17-15(16)10-18/h2-10,17H,1H3.